The highest BCUT2D eigenvalue weighted by Gasteiger charge is 2.49. The van der Waals surface area contributed by atoms with Crippen molar-refractivity contribution in [1.82, 2.24) is 0 Å². The van der Waals surface area contributed by atoms with Crippen molar-refractivity contribution in [3.63, 3.8) is 0 Å². The average molecular weight is 446 g/mol. The van der Waals surface area contributed by atoms with Gasteiger partial charge in [0.2, 0.25) is 0 Å². The zero-order valence-electron chi connectivity index (χ0n) is 18.0. The van der Waals surface area contributed by atoms with E-state index < -0.39 is 23.5 Å². The first kappa shape index (κ1) is 21.3. The Morgan fingerprint density at radius 3 is 2.47 bits per heavy atom. The van der Waals surface area contributed by atoms with Crippen LogP contribution in [0.4, 0.5) is 23.7 Å². The number of halogens is 3. The Balaban J connectivity index is 1.36. The molecule has 1 amide bonds. The van der Waals surface area contributed by atoms with Crippen molar-refractivity contribution in [2.45, 2.75) is 38.3 Å². The summed E-state index contributed by atoms with van der Waals surface area (Å²) < 4.78 is 48.1. The van der Waals surface area contributed by atoms with Crippen molar-refractivity contribution < 1.29 is 27.2 Å². The standard InChI is InChI=1S/C25H28F3N2O2/c26-20-2-1-3-21(13-20)29(14-18-6-7-22(27)23(28)12-18)25(31)32-24-16-30(15-17-4-5-17)10-8-19(24)9-11-30/h1-3,6-7,12-13,17,19,24H,4-5,8-11,14-16H2/q+1. The number of rotatable bonds is 6. The molecule has 1 unspecified atom stereocenters. The van der Waals surface area contributed by atoms with E-state index in [1.54, 1.807) is 6.07 Å². The topological polar surface area (TPSA) is 29.5 Å². The van der Waals surface area contributed by atoms with E-state index in [2.05, 4.69) is 0 Å². The minimum absolute atomic E-state index is 0.0427. The molecular weight excluding hydrogens is 417 g/mol. The zero-order valence-corrected chi connectivity index (χ0v) is 18.0. The molecule has 32 heavy (non-hydrogen) atoms. The van der Waals surface area contributed by atoms with Crippen molar-refractivity contribution in [2.75, 3.05) is 31.1 Å². The highest BCUT2D eigenvalue weighted by atomic mass is 19.2. The third-order valence-electron chi connectivity index (χ3n) is 7.30. The van der Waals surface area contributed by atoms with Crippen LogP contribution >= 0.6 is 0 Å². The molecule has 7 heteroatoms. The van der Waals surface area contributed by atoms with Crippen molar-refractivity contribution in [1.29, 1.82) is 0 Å². The summed E-state index contributed by atoms with van der Waals surface area (Å²) >= 11 is 0. The summed E-state index contributed by atoms with van der Waals surface area (Å²) in [4.78, 5) is 14.6. The molecule has 0 aromatic heterocycles. The van der Waals surface area contributed by atoms with E-state index in [0.29, 0.717) is 17.2 Å². The van der Waals surface area contributed by atoms with Crippen molar-refractivity contribution in [3.8, 4) is 0 Å². The van der Waals surface area contributed by atoms with Gasteiger partial charge in [-0.25, -0.2) is 18.0 Å². The molecule has 3 aliphatic heterocycles. The van der Waals surface area contributed by atoms with Crippen LogP contribution in [0.15, 0.2) is 42.5 Å². The molecule has 6 rings (SSSR count). The van der Waals surface area contributed by atoms with Gasteiger partial charge in [-0.15, -0.1) is 0 Å². The summed E-state index contributed by atoms with van der Waals surface area (Å²) in [7, 11) is 0. The fraction of sp³-hybridized carbons (Fsp3) is 0.480. The molecule has 0 spiro atoms. The third kappa shape index (κ3) is 4.49. The van der Waals surface area contributed by atoms with Gasteiger partial charge in [-0.05, 0) is 48.7 Å². The molecule has 3 saturated heterocycles. The van der Waals surface area contributed by atoms with Gasteiger partial charge in [-0.2, -0.15) is 0 Å². The Hall–Kier alpha value is -2.54. The van der Waals surface area contributed by atoms with Crippen molar-refractivity contribution in [2.24, 2.45) is 11.8 Å². The number of amides is 1. The highest BCUT2D eigenvalue weighted by molar-refractivity contribution is 5.87. The van der Waals surface area contributed by atoms with Gasteiger partial charge in [0.25, 0.3) is 0 Å². The third-order valence-corrected chi connectivity index (χ3v) is 7.30. The summed E-state index contributed by atoms with van der Waals surface area (Å²) in [6.45, 7) is 4.26. The van der Waals surface area contributed by atoms with Crippen LogP contribution in [0.3, 0.4) is 0 Å². The van der Waals surface area contributed by atoms with Crippen LogP contribution in [0.5, 0.6) is 0 Å². The Morgan fingerprint density at radius 1 is 1.00 bits per heavy atom. The summed E-state index contributed by atoms with van der Waals surface area (Å²) in [6, 6.07) is 9.17. The molecule has 0 N–H and O–H groups in total. The van der Waals surface area contributed by atoms with Crippen LogP contribution in [0.1, 0.15) is 31.2 Å². The second-order valence-corrected chi connectivity index (χ2v) is 9.67. The van der Waals surface area contributed by atoms with Gasteiger partial charge in [-0.1, -0.05) is 12.1 Å². The molecule has 2 aromatic rings. The van der Waals surface area contributed by atoms with E-state index >= 15 is 0 Å². The van der Waals surface area contributed by atoms with Crippen LogP contribution in [0.25, 0.3) is 0 Å². The van der Waals surface area contributed by atoms with E-state index in [0.717, 1.165) is 55.0 Å². The lowest BCUT2D eigenvalue weighted by Gasteiger charge is -2.52. The number of carbonyl (C=O) groups is 1. The number of quaternary nitrogens is 1. The number of fused-ring (bicyclic) bond motifs is 3. The predicted octanol–water partition coefficient (Wildman–Crippen LogP) is 5.27. The lowest BCUT2D eigenvalue weighted by Crippen LogP contribution is -2.65. The second kappa shape index (κ2) is 8.43. The Morgan fingerprint density at radius 2 is 1.78 bits per heavy atom. The molecule has 3 heterocycles. The monoisotopic (exact) mass is 445 g/mol. The fourth-order valence-electron chi connectivity index (χ4n) is 5.38. The zero-order chi connectivity index (χ0) is 22.3. The van der Waals surface area contributed by atoms with E-state index in [9.17, 15) is 18.0 Å². The largest absolute Gasteiger partial charge is 0.440 e. The molecule has 2 bridgehead atoms. The molecule has 4 fully saturated rings. The van der Waals surface area contributed by atoms with Gasteiger partial charge in [0.1, 0.15) is 12.4 Å². The quantitative estimate of drug-likeness (QED) is 0.568. The predicted molar refractivity (Wildman–Crippen MR) is 114 cm³/mol. The second-order valence-electron chi connectivity index (χ2n) is 9.67. The van der Waals surface area contributed by atoms with Crippen molar-refractivity contribution >= 4 is 11.8 Å². The first-order valence-electron chi connectivity index (χ1n) is 11.4. The molecule has 4 nitrogen and oxygen atoms in total. The van der Waals surface area contributed by atoms with Crippen LogP contribution < -0.4 is 4.90 Å². The van der Waals surface area contributed by atoms with Crippen LogP contribution in [0.2, 0.25) is 0 Å². The number of benzene rings is 2. The number of piperidine rings is 3. The molecule has 1 saturated carbocycles. The van der Waals surface area contributed by atoms with Crippen LogP contribution in [-0.2, 0) is 11.3 Å². The Kier molecular flexibility index (Phi) is 5.61. The van der Waals surface area contributed by atoms with E-state index in [-0.39, 0.29) is 12.6 Å². The lowest BCUT2D eigenvalue weighted by molar-refractivity contribution is -0.947. The van der Waals surface area contributed by atoms with Gasteiger partial charge < -0.3 is 9.22 Å². The molecule has 0 radical (unpaired) electrons. The minimum Gasteiger partial charge on any atom is -0.440 e. The van der Waals surface area contributed by atoms with E-state index in [4.69, 9.17) is 4.74 Å². The van der Waals surface area contributed by atoms with Gasteiger partial charge in [0, 0.05) is 24.7 Å². The number of hydrogen-bond acceptors (Lipinski definition) is 2. The Bertz CT molecular complexity index is 1000. The fourth-order valence-corrected chi connectivity index (χ4v) is 5.38. The Labute approximate surface area is 186 Å². The molecule has 2 aromatic carbocycles. The number of carbonyl (C=O) groups excluding carboxylic acids is 1. The SMILES string of the molecule is O=C(OC1C[N+]2(CC3CC3)CCC1CC2)N(Cc1ccc(F)c(F)c1)c1cccc(F)c1. The van der Waals surface area contributed by atoms with Gasteiger partial charge in [0.15, 0.2) is 17.7 Å². The maximum atomic E-state index is 13.9. The average Bonchev–Trinajstić information content (AvgIpc) is 3.58. The molecule has 1 atom stereocenters. The maximum Gasteiger partial charge on any atom is 0.415 e. The van der Waals surface area contributed by atoms with Gasteiger partial charge in [0.05, 0.1) is 31.9 Å². The number of hydrogen-bond donors (Lipinski definition) is 0. The maximum absolute atomic E-state index is 13.9. The number of ether oxygens (including phenoxy) is 1. The van der Waals surface area contributed by atoms with E-state index in [1.807, 2.05) is 0 Å². The number of nitrogens with zero attached hydrogens (tertiary/aromatic N) is 2. The molecule has 170 valence electrons. The first-order chi connectivity index (χ1) is 15.4. The van der Waals surface area contributed by atoms with Crippen LogP contribution in [-0.4, -0.2) is 42.9 Å². The smallest absolute Gasteiger partial charge is 0.415 e. The summed E-state index contributed by atoms with van der Waals surface area (Å²) in [5.74, 6) is -1.28. The first-order valence-corrected chi connectivity index (χ1v) is 11.4. The molecule has 4 aliphatic rings. The van der Waals surface area contributed by atoms with Gasteiger partial charge >= 0.3 is 6.09 Å². The van der Waals surface area contributed by atoms with Crippen LogP contribution in [0, 0.1) is 29.3 Å². The molecular formula is C25H28F3N2O2+. The van der Waals surface area contributed by atoms with E-state index in [1.165, 1.54) is 48.6 Å². The summed E-state index contributed by atoms with van der Waals surface area (Å²) in [6.07, 6.45) is 3.94. The summed E-state index contributed by atoms with van der Waals surface area (Å²) in [5, 5.41) is 0. The minimum atomic E-state index is -0.987. The normalized spacial score (nSPS) is 26.7. The van der Waals surface area contributed by atoms with Crippen molar-refractivity contribution in [3.05, 3.63) is 65.5 Å². The molecule has 1 aliphatic carbocycles. The number of anilines is 1. The lowest BCUT2D eigenvalue weighted by atomic mass is 9.83. The highest BCUT2D eigenvalue weighted by Crippen LogP contribution is 2.40. The summed E-state index contributed by atoms with van der Waals surface area (Å²) in [5.41, 5.74) is 0.721. The van der Waals surface area contributed by atoms with Gasteiger partial charge in [-0.3, -0.25) is 4.90 Å².